The Morgan fingerprint density at radius 1 is 0.882 bits per heavy atom. The highest BCUT2D eigenvalue weighted by molar-refractivity contribution is 4.76. The van der Waals surface area contributed by atoms with Gasteiger partial charge in [-0.2, -0.15) is 0 Å². The number of hydrogen-bond donors (Lipinski definition) is 1. The maximum Gasteiger partial charge on any atom is 0.0194 e. The van der Waals surface area contributed by atoms with Gasteiger partial charge in [0.1, 0.15) is 0 Å². The molecule has 2 fully saturated rings. The van der Waals surface area contributed by atoms with Crippen molar-refractivity contribution in [2.24, 2.45) is 5.92 Å². The van der Waals surface area contributed by atoms with Crippen LogP contribution in [-0.4, -0.2) is 37.6 Å². The predicted molar refractivity (Wildman–Crippen MR) is 74.3 cm³/mol. The molecule has 2 heteroatoms. The molecule has 1 atom stereocenters. The lowest BCUT2D eigenvalue weighted by Crippen LogP contribution is -2.40. The van der Waals surface area contributed by atoms with Crippen molar-refractivity contribution in [3.05, 3.63) is 0 Å². The Morgan fingerprint density at radius 2 is 1.59 bits per heavy atom. The summed E-state index contributed by atoms with van der Waals surface area (Å²) in [5.41, 5.74) is 0. The van der Waals surface area contributed by atoms with Crippen LogP contribution in [0.25, 0.3) is 0 Å². The Labute approximate surface area is 107 Å². The van der Waals surface area contributed by atoms with Gasteiger partial charge in [0.25, 0.3) is 0 Å². The summed E-state index contributed by atoms with van der Waals surface area (Å²) in [6.45, 7) is 3.83. The first-order valence-corrected chi connectivity index (χ1v) is 7.76. The zero-order valence-electron chi connectivity index (χ0n) is 11.6. The Balaban J connectivity index is 1.66. The van der Waals surface area contributed by atoms with Gasteiger partial charge < -0.3 is 10.2 Å². The van der Waals surface area contributed by atoms with Crippen LogP contribution in [0, 0.1) is 5.92 Å². The molecule has 1 aliphatic heterocycles. The molecule has 1 N–H and O–H groups in total. The van der Waals surface area contributed by atoms with Gasteiger partial charge in [-0.25, -0.2) is 0 Å². The van der Waals surface area contributed by atoms with Crippen molar-refractivity contribution in [1.29, 1.82) is 0 Å². The summed E-state index contributed by atoms with van der Waals surface area (Å²) in [4.78, 5) is 2.58. The number of nitrogens with zero attached hydrogens (tertiary/aromatic N) is 1. The van der Waals surface area contributed by atoms with Gasteiger partial charge in [-0.15, -0.1) is 0 Å². The number of nitrogens with one attached hydrogen (secondary N) is 1. The normalized spacial score (nSPS) is 28.2. The summed E-state index contributed by atoms with van der Waals surface area (Å²) >= 11 is 0. The Morgan fingerprint density at radius 3 is 2.41 bits per heavy atom. The molecule has 0 aromatic heterocycles. The molecule has 0 spiro atoms. The molecule has 1 heterocycles. The lowest BCUT2D eigenvalue weighted by molar-refractivity contribution is 0.214. The third-order valence-corrected chi connectivity index (χ3v) is 4.49. The molecular formula is C15H30N2. The maximum absolute atomic E-state index is 3.71. The molecule has 1 saturated heterocycles. The van der Waals surface area contributed by atoms with Crippen LogP contribution in [0.3, 0.4) is 0 Å². The standard InChI is InChI=1S/C15H30N2/c1-17(12-14-8-4-2-5-9-14)13-15-10-6-3-7-11-16-15/h14-16H,2-13H2,1H3. The number of likely N-dealkylation sites (N-methyl/N-ethyl adjacent to an activating group) is 1. The Kier molecular flexibility index (Phi) is 5.79. The number of rotatable bonds is 4. The first-order valence-electron chi connectivity index (χ1n) is 7.76. The lowest BCUT2D eigenvalue weighted by atomic mass is 9.89. The third-order valence-electron chi connectivity index (χ3n) is 4.49. The van der Waals surface area contributed by atoms with E-state index in [2.05, 4.69) is 17.3 Å². The third kappa shape index (κ3) is 4.97. The molecule has 2 nitrogen and oxygen atoms in total. The largest absolute Gasteiger partial charge is 0.313 e. The van der Waals surface area contributed by atoms with E-state index in [0.29, 0.717) is 0 Å². The second-order valence-electron chi connectivity index (χ2n) is 6.23. The minimum Gasteiger partial charge on any atom is -0.313 e. The van der Waals surface area contributed by atoms with Crippen LogP contribution >= 0.6 is 0 Å². The van der Waals surface area contributed by atoms with E-state index in [9.17, 15) is 0 Å². The molecule has 2 rings (SSSR count). The summed E-state index contributed by atoms with van der Waals surface area (Å²) in [5, 5.41) is 3.71. The smallest absolute Gasteiger partial charge is 0.0194 e. The van der Waals surface area contributed by atoms with Crippen LogP contribution in [-0.2, 0) is 0 Å². The van der Waals surface area contributed by atoms with Gasteiger partial charge in [0.2, 0.25) is 0 Å². The Bertz CT molecular complexity index is 191. The van der Waals surface area contributed by atoms with Crippen molar-refractivity contribution in [3.63, 3.8) is 0 Å². The highest BCUT2D eigenvalue weighted by atomic mass is 15.1. The van der Waals surface area contributed by atoms with Gasteiger partial charge >= 0.3 is 0 Å². The van der Waals surface area contributed by atoms with Gasteiger partial charge in [0.15, 0.2) is 0 Å². The lowest BCUT2D eigenvalue weighted by Gasteiger charge is -2.29. The summed E-state index contributed by atoms with van der Waals surface area (Å²) < 4.78 is 0. The average Bonchev–Trinajstić information content (AvgIpc) is 2.59. The van der Waals surface area contributed by atoms with E-state index in [1.54, 1.807) is 0 Å². The minimum atomic E-state index is 0.756. The zero-order chi connectivity index (χ0) is 11.9. The second-order valence-corrected chi connectivity index (χ2v) is 6.23. The molecule has 0 aromatic rings. The van der Waals surface area contributed by atoms with E-state index in [0.717, 1.165) is 12.0 Å². The van der Waals surface area contributed by atoms with Crippen LogP contribution in [0.4, 0.5) is 0 Å². The number of hydrogen-bond acceptors (Lipinski definition) is 2. The van der Waals surface area contributed by atoms with Gasteiger partial charge in [0.05, 0.1) is 0 Å². The van der Waals surface area contributed by atoms with Crippen LogP contribution in [0.2, 0.25) is 0 Å². The van der Waals surface area contributed by atoms with E-state index in [-0.39, 0.29) is 0 Å². The summed E-state index contributed by atoms with van der Waals surface area (Å²) in [6.07, 6.45) is 13.0. The highest BCUT2D eigenvalue weighted by Gasteiger charge is 2.18. The molecule has 2 aliphatic rings. The van der Waals surface area contributed by atoms with Gasteiger partial charge in [-0.05, 0) is 45.2 Å². The molecule has 1 aliphatic carbocycles. The molecule has 1 unspecified atom stereocenters. The summed E-state index contributed by atoms with van der Waals surface area (Å²) in [7, 11) is 2.32. The first kappa shape index (κ1) is 13.4. The summed E-state index contributed by atoms with van der Waals surface area (Å²) in [5.74, 6) is 0.986. The van der Waals surface area contributed by atoms with Crippen molar-refractivity contribution in [1.82, 2.24) is 10.2 Å². The average molecular weight is 238 g/mol. The second kappa shape index (κ2) is 7.38. The fourth-order valence-electron chi connectivity index (χ4n) is 3.52. The fourth-order valence-corrected chi connectivity index (χ4v) is 3.52. The highest BCUT2D eigenvalue weighted by Crippen LogP contribution is 2.24. The van der Waals surface area contributed by atoms with Crippen molar-refractivity contribution in [2.45, 2.75) is 63.8 Å². The SMILES string of the molecule is CN(CC1CCCCC1)CC1CCCCCN1. The van der Waals surface area contributed by atoms with Crippen LogP contribution < -0.4 is 5.32 Å². The zero-order valence-corrected chi connectivity index (χ0v) is 11.6. The molecule has 0 amide bonds. The predicted octanol–water partition coefficient (Wildman–Crippen LogP) is 3.03. The van der Waals surface area contributed by atoms with E-state index >= 15 is 0 Å². The molecule has 17 heavy (non-hydrogen) atoms. The van der Waals surface area contributed by atoms with Gasteiger partial charge in [0, 0.05) is 19.1 Å². The van der Waals surface area contributed by atoms with E-state index in [1.807, 2.05) is 0 Å². The van der Waals surface area contributed by atoms with E-state index < -0.39 is 0 Å². The topological polar surface area (TPSA) is 15.3 Å². The quantitative estimate of drug-likeness (QED) is 0.810. The van der Waals surface area contributed by atoms with Crippen molar-refractivity contribution in [2.75, 3.05) is 26.7 Å². The van der Waals surface area contributed by atoms with Crippen LogP contribution in [0.1, 0.15) is 57.8 Å². The minimum absolute atomic E-state index is 0.756. The molecule has 0 aromatic carbocycles. The molecule has 0 bridgehead atoms. The van der Waals surface area contributed by atoms with Crippen molar-refractivity contribution < 1.29 is 0 Å². The van der Waals surface area contributed by atoms with Gasteiger partial charge in [-0.1, -0.05) is 32.1 Å². The van der Waals surface area contributed by atoms with E-state index in [4.69, 9.17) is 0 Å². The van der Waals surface area contributed by atoms with Crippen LogP contribution in [0.15, 0.2) is 0 Å². The fraction of sp³-hybridized carbons (Fsp3) is 1.00. The van der Waals surface area contributed by atoms with Crippen molar-refractivity contribution >= 4 is 0 Å². The van der Waals surface area contributed by atoms with Crippen molar-refractivity contribution in [3.8, 4) is 0 Å². The summed E-state index contributed by atoms with van der Waals surface area (Å²) in [6, 6.07) is 0.756. The molecule has 100 valence electrons. The molecule has 1 saturated carbocycles. The van der Waals surface area contributed by atoms with E-state index in [1.165, 1.54) is 77.4 Å². The maximum atomic E-state index is 3.71. The first-order chi connectivity index (χ1) is 8.34. The monoisotopic (exact) mass is 238 g/mol. The van der Waals surface area contributed by atoms with Crippen LogP contribution in [0.5, 0.6) is 0 Å². The molecule has 0 radical (unpaired) electrons. The Hall–Kier alpha value is -0.0800. The van der Waals surface area contributed by atoms with Gasteiger partial charge in [-0.3, -0.25) is 0 Å². The molecular weight excluding hydrogens is 208 g/mol.